The van der Waals surface area contributed by atoms with Crippen molar-refractivity contribution in [3.05, 3.63) is 120 Å². The van der Waals surface area contributed by atoms with Crippen molar-refractivity contribution in [3.63, 3.8) is 0 Å². The van der Waals surface area contributed by atoms with E-state index in [-0.39, 0.29) is 12.7 Å². The van der Waals surface area contributed by atoms with Crippen LogP contribution in [0.15, 0.2) is 104 Å². The third kappa shape index (κ3) is 7.44. The zero-order valence-electron chi connectivity index (χ0n) is 23.1. The molecule has 0 amide bonds. The molecule has 2 aliphatic heterocycles. The van der Waals surface area contributed by atoms with Gasteiger partial charge in [0.2, 0.25) is 0 Å². The lowest BCUT2D eigenvalue weighted by atomic mass is 9.98. The molecule has 0 unspecified atom stereocenters. The maximum Gasteiger partial charge on any atom is 0.283 e. The number of hydrogen-bond donors (Lipinski definition) is 0. The highest BCUT2D eigenvalue weighted by molar-refractivity contribution is 5.15. The lowest BCUT2D eigenvalue weighted by molar-refractivity contribution is -0.352. The lowest BCUT2D eigenvalue weighted by Crippen LogP contribution is -2.59. The van der Waals surface area contributed by atoms with Crippen molar-refractivity contribution in [1.82, 2.24) is 0 Å². The van der Waals surface area contributed by atoms with Crippen LogP contribution >= 0.6 is 0 Å². The summed E-state index contributed by atoms with van der Waals surface area (Å²) in [6.45, 7) is 8.92. The second kappa shape index (κ2) is 13.7. The summed E-state index contributed by atoms with van der Waals surface area (Å²) in [4.78, 5) is 0. The lowest BCUT2D eigenvalue weighted by Gasteiger charge is -2.42. The Kier molecular flexibility index (Phi) is 9.78. The normalized spacial score (nSPS) is 28.6. The van der Waals surface area contributed by atoms with Crippen molar-refractivity contribution >= 4 is 0 Å². The smallest absolute Gasteiger partial charge is 0.283 e. The molecule has 0 aliphatic carbocycles. The van der Waals surface area contributed by atoms with Crippen LogP contribution in [0.4, 0.5) is 0 Å². The summed E-state index contributed by atoms with van der Waals surface area (Å²) in [5.41, 5.74) is 3.17. The predicted molar refractivity (Wildman–Crippen MR) is 150 cm³/mol. The van der Waals surface area contributed by atoms with E-state index in [1.165, 1.54) is 0 Å². The van der Waals surface area contributed by atoms with E-state index >= 15 is 0 Å². The molecule has 0 saturated carbocycles. The minimum Gasteiger partial charge on any atom is -0.374 e. The summed E-state index contributed by atoms with van der Waals surface area (Å²) in [6, 6.07) is 30.1. The van der Waals surface area contributed by atoms with Crippen LogP contribution in [-0.2, 0) is 53.0 Å². The highest BCUT2D eigenvalue weighted by Crippen LogP contribution is 2.40. The van der Waals surface area contributed by atoms with Gasteiger partial charge in [0.15, 0.2) is 6.29 Å². The first-order chi connectivity index (χ1) is 19.5. The summed E-state index contributed by atoms with van der Waals surface area (Å²) < 4.78 is 44.3. The van der Waals surface area contributed by atoms with Crippen molar-refractivity contribution in [1.29, 1.82) is 0 Å². The molecule has 2 aliphatic rings. The fourth-order valence-electron chi connectivity index (χ4n) is 4.95. The molecule has 0 aromatic heterocycles. The average molecular weight is 547 g/mol. The Bertz CT molecular complexity index is 1180. The molecule has 0 bridgehead atoms. The van der Waals surface area contributed by atoms with Gasteiger partial charge in [0, 0.05) is 6.92 Å². The van der Waals surface area contributed by atoms with Gasteiger partial charge in [-0.3, -0.25) is 4.74 Å². The largest absolute Gasteiger partial charge is 0.374 e. The zero-order valence-corrected chi connectivity index (χ0v) is 23.1. The quantitative estimate of drug-likeness (QED) is 0.252. The van der Waals surface area contributed by atoms with Crippen LogP contribution in [-0.4, -0.2) is 49.4 Å². The van der Waals surface area contributed by atoms with Crippen molar-refractivity contribution < 1.29 is 33.2 Å². The van der Waals surface area contributed by atoms with E-state index in [0.29, 0.717) is 19.8 Å². The molecule has 212 valence electrons. The fourth-order valence-corrected chi connectivity index (χ4v) is 4.95. The van der Waals surface area contributed by atoms with E-state index in [1.54, 1.807) is 13.0 Å². The number of hydrogen-bond acceptors (Lipinski definition) is 7. The molecule has 0 spiro atoms. The predicted octanol–water partition coefficient (Wildman–Crippen LogP) is 5.78. The van der Waals surface area contributed by atoms with E-state index in [4.69, 9.17) is 33.2 Å². The van der Waals surface area contributed by atoms with Gasteiger partial charge in [0.25, 0.3) is 5.97 Å². The third-order valence-electron chi connectivity index (χ3n) is 6.97. The molecule has 3 aromatic carbocycles. The minimum absolute atomic E-state index is 0.284. The Morgan fingerprint density at radius 3 is 1.85 bits per heavy atom. The average Bonchev–Trinajstić information content (AvgIpc) is 3.31. The molecule has 0 radical (unpaired) electrons. The third-order valence-corrected chi connectivity index (χ3v) is 6.97. The van der Waals surface area contributed by atoms with Gasteiger partial charge < -0.3 is 28.4 Å². The van der Waals surface area contributed by atoms with E-state index in [0.717, 1.165) is 16.7 Å². The second-order valence-electron chi connectivity index (χ2n) is 10.2. The van der Waals surface area contributed by atoms with Gasteiger partial charge in [-0.15, -0.1) is 6.58 Å². The van der Waals surface area contributed by atoms with Gasteiger partial charge in [-0.1, -0.05) is 97.1 Å². The van der Waals surface area contributed by atoms with Crippen LogP contribution in [0.1, 0.15) is 30.5 Å². The molecule has 3 aromatic rings. The Labute approximate surface area is 236 Å². The fraction of sp³-hybridized carbons (Fsp3) is 0.394. The molecule has 2 heterocycles. The van der Waals surface area contributed by atoms with E-state index in [2.05, 4.69) is 6.58 Å². The van der Waals surface area contributed by atoms with Gasteiger partial charge in [-0.05, 0) is 23.6 Å². The topological polar surface area (TPSA) is 64.6 Å². The number of rotatable bonds is 13. The highest BCUT2D eigenvalue weighted by Gasteiger charge is 2.58. The number of ether oxygens (including phenoxy) is 7. The molecule has 2 fully saturated rings. The van der Waals surface area contributed by atoms with Gasteiger partial charge >= 0.3 is 0 Å². The maximum absolute atomic E-state index is 6.56. The molecule has 7 heteroatoms. The van der Waals surface area contributed by atoms with Gasteiger partial charge in [-0.25, -0.2) is 0 Å². The Morgan fingerprint density at radius 1 is 0.775 bits per heavy atom. The molecule has 0 N–H and O–H groups in total. The Morgan fingerprint density at radius 2 is 1.30 bits per heavy atom. The van der Waals surface area contributed by atoms with E-state index < -0.39 is 36.7 Å². The van der Waals surface area contributed by atoms with Crippen LogP contribution in [0.5, 0.6) is 0 Å². The molecule has 7 atom stereocenters. The first kappa shape index (κ1) is 28.6. The monoisotopic (exact) mass is 546 g/mol. The molecule has 5 rings (SSSR count). The Balaban J connectivity index is 1.38. The van der Waals surface area contributed by atoms with Crippen molar-refractivity contribution in [2.45, 2.75) is 76.5 Å². The standard InChI is InChI=1S/C33H38O7/c1-4-24(2)38-33(3)39-31-30(36-22-27-18-12-7-13-19-27)29(35-21-26-16-10-6-11-17-26)28(37-32(31)40-33)23-34-20-25-14-8-5-9-15-25/h4-19,24,28-32H,1,20-23H2,2-3H3/t24-,28+,29+,30-,31+,32+,33+/m0/s1. The summed E-state index contributed by atoms with van der Waals surface area (Å²) in [6.07, 6.45) is -1.40. The van der Waals surface area contributed by atoms with Gasteiger partial charge in [0.05, 0.1) is 32.5 Å². The molecule has 2 saturated heterocycles. The van der Waals surface area contributed by atoms with Crippen LogP contribution in [0, 0.1) is 0 Å². The molecular formula is C33H38O7. The SMILES string of the molecule is C=C[C@H](C)O[C@@]1(C)O[C@H]2O[C@H](COCc3ccccc3)[C@@H](OCc3ccccc3)[C@H](OCc3ccccc3)[C@H]2O1. The summed E-state index contributed by atoms with van der Waals surface area (Å²) in [5.74, 6) is -1.33. The first-order valence-corrected chi connectivity index (χ1v) is 13.8. The number of fused-ring (bicyclic) bond motifs is 1. The van der Waals surface area contributed by atoms with Gasteiger partial charge in [-0.2, -0.15) is 0 Å². The number of benzene rings is 3. The zero-order chi connectivity index (χ0) is 27.8. The highest BCUT2D eigenvalue weighted by atomic mass is 16.9. The van der Waals surface area contributed by atoms with Crippen LogP contribution < -0.4 is 0 Å². The minimum atomic E-state index is -1.33. The maximum atomic E-state index is 6.56. The van der Waals surface area contributed by atoms with Crippen LogP contribution in [0.2, 0.25) is 0 Å². The summed E-state index contributed by atoms with van der Waals surface area (Å²) in [7, 11) is 0. The van der Waals surface area contributed by atoms with Crippen molar-refractivity contribution in [2.75, 3.05) is 6.61 Å². The summed E-state index contributed by atoms with van der Waals surface area (Å²) in [5, 5.41) is 0. The second-order valence-corrected chi connectivity index (χ2v) is 10.2. The van der Waals surface area contributed by atoms with E-state index in [1.807, 2.05) is 97.9 Å². The molecule has 40 heavy (non-hydrogen) atoms. The first-order valence-electron chi connectivity index (χ1n) is 13.8. The molecule has 7 nitrogen and oxygen atoms in total. The summed E-state index contributed by atoms with van der Waals surface area (Å²) >= 11 is 0. The van der Waals surface area contributed by atoms with Gasteiger partial charge in [0.1, 0.15) is 24.4 Å². The van der Waals surface area contributed by atoms with Crippen LogP contribution in [0.3, 0.4) is 0 Å². The van der Waals surface area contributed by atoms with Crippen LogP contribution in [0.25, 0.3) is 0 Å². The molecular weight excluding hydrogens is 508 g/mol. The Hall–Kier alpha value is -2.88. The van der Waals surface area contributed by atoms with Crippen molar-refractivity contribution in [2.24, 2.45) is 0 Å². The van der Waals surface area contributed by atoms with Crippen molar-refractivity contribution in [3.8, 4) is 0 Å². The van der Waals surface area contributed by atoms with E-state index in [9.17, 15) is 0 Å².